The molecular formula is C28H29FN2O2S. The highest BCUT2D eigenvalue weighted by Crippen LogP contribution is 2.38. The van der Waals surface area contributed by atoms with Crippen molar-refractivity contribution < 1.29 is 14.0 Å². The van der Waals surface area contributed by atoms with Gasteiger partial charge in [0.15, 0.2) is 0 Å². The number of nitrogens with zero attached hydrogens (tertiary/aromatic N) is 2. The maximum Gasteiger partial charge on any atom is 0.243 e. The molecule has 5 rings (SSSR count). The third kappa shape index (κ3) is 4.51. The predicted octanol–water partition coefficient (Wildman–Crippen LogP) is 5.55. The first kappa shape index (κ1) is 22.8. The van der Waals surface area contributed by atoms with Crippen LogP contribution in [0.4, 0.5) is 4.39 Å². The Labute approximate surface area is 204 Å². The van der Waals surface area contributed by atoms with E-state index in [4.69, 9.17) is 0 Å². The molecule has 2 heterocycles. The largest absolute Gasteiger partial charge is 0.330 e. The highest BCUT2D eigenvalue weighted by molar-refractivity contribution is 7.10. The average Bonchev–Trinajstić information content (AvgIpc) is 3.59. The number of carbonyl (C=O) groups excluding carboxylic acids is 2. The van der Waals surface area contributed by atoms with Crippen LogP contribution in [0.2, 0.25) is 0 Å². The lowest BCUT2D eigenvalue weighted by molar-refractivity contribution is -0.143. The van der Waals surface area contributed by atoms with E-state index >= 15 is 0 Å². The standard InChI is InChI=1S/C28H29FN2O2S/c1-2-23(19-6-4-3-5-7-19)28(33)31(22-12-13-22)18-26(32)30-16-14-25-24(15-17-34-25)27(30)20-8-10-21(29)11-9-20/h3-11,15,17,22-23,27H,2,12-14,16,18H2,1H3. The van der Waals surface area contributed by atoms with E-state index < -0.39 is 0 Å². The van der Waals surface area contributed by atoms with E-state index in [-0.39, 0.29) is 42.2 Å². The highest BCUT2D eigenvalue weighted by atomic mass is 32.1. The van der Waals surface area contributed by atoms with Gasteiger partial charge in [0.05, 0.1) is 12.0 Å². The molecule has 1 aliphatic carbocycles. The van der Waals surface area contributed by atoms with Crippen LogP contribution in [0.5, 0.6) is 0 Å². The Balaban J connectivity index is 1.41. The molecule has 2 aliphatic rings. The highest BCUT2D eigenvalue weighted by Gasteiger charge is 2.40. The van der Waals surface area contributed by atoms with Gasteiger partial charge in [0.25, 0.3) is 0 Å². The topological polar surface area (TPSA) is 40.6 Å². The van der Waals surface area contributed by atoms with Crippen LogP contribution in [0.25, 0.3) is 0 Å². The maximum atomic E-state index is 13.7. The normalized spacial score (nSPS) is 18.3. The molecule has 0 spiro atoms. The fourth-order valence-corrected chi connectivity index (χ4v) is 5.94. The molecule has 0 bridgehead atoms. The third-order valence-electron chi connectivity index (χ3n) is 6.96. The molecule has 1 fully saturated rings. The molecule has 0 saturated heterocycles. The number of hydrogen-bond donors (Lipinski definition) is 0. The van der Waals surface area contributed by atoms with E-state index in [1.807, 2.05) is 47.1 Å². The Bertz CT molecular complexity index is 1160. The van der Waals surface area contributed by atoms with Gasteiger partial charge in [-0.2, -0.15) is 0 Å². The van der Waals surface area contributed by atoms with Crippen LogP contribution >= 0.6 is 11.3 Å². The SMILES string of the molecule is CCC(C(=O)N(CC(=O)N1CCc2sccc2C1c1ccc(F)cc1)C1CC1)c1ccccc1. The van der Waals surface area contributed by atoms with Crippen LogP contribution in [0.15, 0.2) is 66.0 Å². The second kappa shape index (κ2) is 9.71. The Hall–Kier alpha value is -2.99. The van der Waals surface area contributed by atoms with Crippen LogP contribution in [0.1, 0.15) is 59.7 Å². The number of fused-ring (bicyclic) bond motifs is 1. The lowest BCUT2D eigenvalue weighted by Crippen LogP contribution is -2.48. The second-order valence-corrected chi connectivity index (χ2v) is 10.2. The summed E-state index contributed by atoms with van der Waals surface area (Å²) in [6, 6.07) is 18.2. The van der Waals surface area contributed by atoms with Crippen molar-refractivity contribution in [2.75, 3.05) is 13.1 Å². The van der Waals surface area contributed by atoms with Crippen molar-refractivity contribution in [2.45, 2.75) is 50.6 Å². The molecule has 1 aliphatic heterocycles. The van der Waals surface area contributed by atoms with Crippen molar-refractivity contribution in [1.82, 2.24) is 9.80 Å². The summed E-state index contributed by atoms with van der Waals surface area (Å²) in [6.07, 6.45) is 3.39. The van der Waals surface area contributed by atoms with E-state index in [0.29, 0.717) is 13.0 Å². The number of hydrogen-bond acceptors (Lipinski definition) is 3. The molecule has 0 radical (unpaired) electrons. The zero-order valence-electron chi connectivity index (χ0n) is 19.3. The van der Waals surface area contributed by atoms with Gasteiger partial charge in [-0.3, -0.25) is 9.59 Å². The van der Waals surface area contributed by atoms with Crippen LogP contribution < -0.4 is 0 Å². The Morgan fingerprint density at radius 3 is 2.50 bits per heavy atom. The first-order valence-corrected chi connectivity index (χ1v) is 12.9. The summed E-state index contributed by atoms with van der Waals surface area (Å²) in [5, 5.41) is 2.06. The van der Waals surface area contributed by atoms with Gasteiger partial charge >= 0.3 is 0 Å². The first-order valence-electron chi connectivity index (χ1n) is 12.0. The van der Waals surface area contributed by atoms with Crippen molar-refractivity contribution >= 4 is 23.2 Å². The van der Waals surface area contributed by atoms with Crippen molar-refractivity contribution in [3.8, 4) is 0 Å². The number of carbonyl (C=O) groups is 2. The lowest BCUT2D eigenvalue weighted by atomic mass is 9.93. The number of rotatable bonds is 7. The lowest BCUT2D eigenvalue weighted by Gasteiger charge is -2.38. The van der Waals surface area contributed by atoms with Gasteiger partial charge in [-0.05, 0) is 66.0 Å². The summed E-state index contributed by atoms with van der Waals surface area (Å²) < 4.78 is 13.6. The van der Waals surface area contributed by atoms with Gasteiger partial charge in [0.1, 0.15) is 12.4 Å². The fourth-order valence-electron chi connectivity index (χ4n) is 5.04. The zero-order chi connectivity index (χ0) is 23.7. The minimum Gasteiger partial charge on any atom is -0.330 e. The smallest absolute Gasteiger partial charge is 0.243 e. The zero-order valence-corrected chi connectivity index (χ0v) is 20.1. The molecule has 1 saturated carbocycles. The van der Waals surface area contributed by atoms with E-state index in [1.54, 1.807) is 23.5 Å². The second-order valence-electron chi connectivity index (χ2n) is 9.16. The van der Waals surface area contributed by atoms with Crippen LogP contribution in [-0.2, 0) is 16.0 Å². The Morgan fingerprint density at radius 2 is 1.82 bits per heavy atom. The molecule has 0 N–H and O–H groups in total. The van der Waals surface area contributed by atoms with E-state index in [1.165, 1.54) is 17.0 Å². The molecule has 1 aromatic heterocycles. The van der Waals surface area contributed by atoms with Gasteiger partial charge in [-0.1, -0.05) is 49.4 Å². The van der Waals surface area contributed by atoms with Crippen LogP contribution in [-0.4, -0.2) is 40.7 Å². The van der Waals surface area contributed by atoms with Crippen molar-refractivity contribution in [2.24, 2.45) is 0 Å². The monoisotopic (exact) mass is 476 g/mol. The number of benzene rings is 2. The first-order chi connectivity index (χ1) is 16.6. The number of halogens is 1. The third-order valence-corrected chi connectivity index (χ3v) is 7.95. The van der Waals surface area contributed by atoms with E-state index in [0.717, 1.165) is 36.0 Å². The number of amides is 2. The van der Waals surface area contributed by atoms with E-state index in [9.17, 15) is 14.0 Å². The summed E-state index contributed by atoms with van der Waals surface area (Å²) in [7, 11) is 0. The Morgan fingerprint density at radius 1 is 1.09 bits per heavy atom. The predicted molar refractivity (Wildman–Crippen MR) is 132 cm³/mol. The van der Waals surface area contributed by atoms with Gasteiger partial charge < -0.3 is 9.80 Å². The minimum atomic E-state index is -0.292. The Kier molecular flexibility index (Phi) is 6.50. The molecule has 4 nitrogen and oxygen atoms in total. The minimum absolute atomic E-state index is 0.0381. The van der Waals surface area contributed by atoms with Gasteiger partial charge in [0, 0.05) is 17.5 Å². The molecule has 2 atom stereocenters. The molecule has 2 aromatic carbocycles. The molecule has 34 heavy (non-hydrogen) atoms. The molecule has 2 unspecified atom stereocenters. The molecule has 2 amide bonds. The maximum absolute atomic E-state index is 13.7. The molecule has 3 aromatic rings. The number of thiophene rings is 1. The molecule has 176 valence electrons. The van der Waals surface area contributed by atoms with Gasteiger partial charge in [-0.25, -0.2) is 4.39 Å². The summed E-state index contributed by atoms with van der Waals surface area (Å²) in [5.74, 6) is -0.544. The van der Waals surface area contributed by atoms with Crippen molar-refractivity contribution in [3.63, 3.8) is 0 Å². The summed E-state index contributed by atoms with van der Waals surface area (Å²) >= 11 is 1.70. The van der Waals surface area contributed by atoms with Crippen LogP contribution in [0.3, 0.4) is 0 Å². The summed E-state index contributed by atoms with van der Waals surface area (Å²) in [5.41, 5.74) is 3.00. The molecular weight excluding hydrogens is 447 g/mol. The molecule has 6 heteroatoms. The fraction of sp³-hybridized carbons (Fsp3) is 0.357. The summed E-state index contributed by atoms with van der Waals surface area (Å²) in [6.45, 7) is 2.71. The van der Waals surface area contributed by atoms with Gasteiger partial charge in [0.2, 0.25) is 11.8 Å². The van der Waals surface area contributed by atoms with Crippen molar-refractivity contribution in [1.29, 1.82) is 0 Å². The van der Waals surface area contributed by atoms with Crippen molar-refractivity contribution in [3.05, 3.63) is 93.4 Å². The van der Waals surface area contributed by atoms with Gasteiger partial charge in [-0.15, -0.1) is 11.3 Å². The van der Waals surface area contributed by atoms with Crippen LogP contribution in [0, 0.1) is 5.82 Å². The average molecular weight is 477 g/mol. The van der Waals surface area contributed by atoms with E-state index in [2.05, 4.69) is 11.4 Å². The quantitative estimate of drug-likeness (QED) is 0.449. The summed E-state index contributed by atoms with van der Waals surface area (Å²) in [4.78, 5) is 32.3.